The zero-order valence-corrected chi connectivity index (χ0v) is 14.8. The fourth-order valence-corrected chi connectivity index (χ4v) is 2.66. The summed E-state index contributed by atoms with van der Waals surface area (Å²) < 4.78 is 5.37. The predicted molar refractivity (Wildman–Crippen MR) is 89.5 cm³/mol. The molecule has 2 fully saturated rings. The van der Waals surface area contributed by atoms with Gasteiger partial charge in [-0.25, -0.2) is 0 Å². The molecule has 0 aromatic carbocycles. The molecule has 2 aliphatic heterocycles. The molecule has 0 aromatic heterocycles. The molecule has 2 aliphatic rings. The zero-order valence-electron chi connectivity index (χ0n) is 13.1. The molecular weight excluding hydrogens is 313 g/mol. The molecule has 0 aromatic rings. The van der Waals surface area contributed by atoms with Crippen molar-refractivity contribution in [2.24, 2.45) is 11.8 Å². The van der Waals surface area contributed by atoms with Gasteiger partial charge >= 0.3 is 0 Å². The number of halogens is 2. The van der Waals surface area contributed by atoms with Crippen molar-refractivity contribution in [1.82, 2.24) is 15.5 Å². The van der Waals surface area contributed by atoms with Crippen LogP contribution in [-0.2, 0) is 9.53 Å². The molecule has 126 valence electrons. The van der Waals surface area contributed by atoms with Gasteiger partial charge in [-0.3, -0.25) is 9.69 Å². The molecule has 2 saturated heterocycles. The van der Waals surface area contributed by atoms with Gasteiger partial charge in [-0.2, -0.15) is 0 Å². The lowest BCUT2D eigenvalue weighted by Crippen LogP contribution is -2.55. The number of hydrogen-bond donors (Lipinski definition) is 2. The zero-order chi connectivity index (χ0) is 13.8. The van der Waals surface area contributed by atoms with Crippen molar-refractivity contribution in [1.29, 1.82) is 0 Å². The quantitative estimate of drug-likeness (QED) is 0.780. The maximum Gasteiger partial charge on any atom is 0.223 e. The van der Waals surface area contributed by atoms with Gasteiger partial charge in [0.25, 0.3) is 0 Å². The average Bonchev–Trinajstić information content (AvgIpc) is 2.36. The van der Waals surface area contributed by atoms with Gasteiger partial charge < -0.3 is 15.4 Å². The summed E-state index contributed by atoms with van der Waals surface area (Å²) in [5.74, 6) is 0.811. The van der Waals surface area contributed by atoms with Crippen molar-refractivity contribution in [2.75, 3.05) is 39.4 Å². The second kappa shape index (κ2) is 9.85. The summed E-state index contributed by atoms with van der Waals surface area (Å²) in [6, 6.07) is 0.542. The SMILES string of the molecule is CC(NC(=O)C(C)C1CNC1)C(C)N1CCOCC1.Cl.Cl. The van der Waals surface area contributed by atoms with E-state index in [0.717, 1.165) is 39.4 Å². The Morgan fingerprint density at radius 2 is 1.76 bits per heavy atom. The van der Waals surface area contributed by atoms with Crippen LogP contribution >= 0.6 is 24.8 Å². The minimum Gasteiger partial charge on any atom is -0.379 e. The molecule has 0 aliphatic carbocycles. The second-order valence-corrected chi connectivity index (χ2v) is 5.89. The number of carbonyl (C=O) groups excluding carboxylic acids is 1. The fourth-order valence-electron chi connectivity index (χ4n) is 2.66. The highest BCUT2D eigenvalue weighted by Gasteiger charge is 2.30. The van der Waals surface area contributed by atoms with E-state index >= 15 is 0 Å². The first kappa shape index (κ1) is 20.9. The van der Waals surface area contributed by atoms with E-state index in [4.69, 9.17) is 4.74 Å². The van der Waals surface area contributed by atoms with Gasteiger partial charge in [-0.15, -0.1) is 24.8 Å². The fraction of sp³-hybridized carbons (Fsp3) is 0.929. The molecule has 2 rings (SSSR count). The van der Waals surface area contributed by atoms with E-state index in [1.807, 2.05) is 6.92 Å². The third kappa shape index (κ3) is 5.57. The number of nitrogens with zero attached hydrogens (tertiary/aromatic N) is 1. The van der Waals surface area contributed by atoms with Gasteiger partial charge in [0.2, 0.25) is 5.91 Å². The first-order chi connectivity index (χ1) is 9.09. The third-order valence-electron chi connectivity index (χ3n) is 4.65. The Balaban J connectivity index is 0.00000200. The van der Waals surface area contributed by atoms with Crippen LogP contribution in [0.3, 0.4) is 0 Å². The Bertz CT molecular complexity index is 311. The van der Waals surface area contributed by atoms with Crippen LogP contribution < -0.4 is 10.6 Å². The molecule has 0 radical (unpaired) electrons. The Labute approximate surface area is 140 Å². The van der Waals surface area contributed by atoms with Gasteiger partial charge in [-0.1, -0.05) is 6.92 Å². The highest BCUT2D eigenvalue weighted by Crippen LogP contribution is 2.16. The lowest BCUT2D eigenvalue weighted by Gasteiger charge is -2.37. The van der Waals surface area contributed by atoms with Gasteiger partial charge in [0, 0.05) is 31.1 Å². The number of amides is 1. The Morgan fingerprint density at radius 3 is 2.24 bits per heavy atom. The van der Waals surface area contributed by atoms with E-state index in [-0.39, 0.29) is 42.7 Å². The van der Waals surface area contributed by atoms with Gasteiger partial charge in [0.15, 0.2) is 0 Å². The Kier molecular flexibility index (Phi) is 9.81. The van der Waals surface area contributed by atoms with E-state index in [0.29, 0.717) is 12.0 Å². The topological polar surface area (TPSA) is 53.6 Å². The van der Waals surface area contributed by atoms with E-state index in [1.165, 1.54) is 0 Å². The molecule has 0 bridgehead atoms. The largest absolute Gasteiger partial charge is 0.379 e. The number of rotatable bonds is 5. The lowest BCUT2D eigenvalue weighted by molar-refractivity contribution is -0.127. The molecule has 0 spiro atoms. The van der Waals surface area contributed by atoms with Crippen molar-refractivity contribution in [3.8, 4) is 0 Å². The van der Waals surface area contributed by atoms with Crippen molar-refractivity contribution >= 4 is 30.7 Å². The summed E-state index contributed by atoms with van der Waals surface area (Å²) >= 11 is 0. The van der Waals surface area contributed by atoms with Crippen LogP contribution in [0, 0.1) is 11.8 Å². The summed E-state index contributed by atoms with van der Waals surface area (Å²) in [6.07, 6.45) is 0. The number of nitrogens with one attached hydrogen (secondary N) is 2. The molecule has 0 saturated carbocycles. The summed E-state index contributed by atoms with van der Waals surface area (Å²) in [7, 11) is 0. The number of carbonyl (C=O) groups is 1. The number of morpholine rings is 1. The Hall–Kier alpha value is -0.0700. The standard InChI is InChI=1S/C14H27N3O2.2ClH/c1-10(13-8-15-9-13)14(18)16-11(2)12(3)17-4-6-19-7-5-17;;/h10-13,15H,4-9H2,1-3H3,(H,16,18);2*1H. The molecule has 5 nitrogen and oxygen atoms in total. The van der Waals surface area contributed by atoms with E-state index < -0.39 is 0 Å². The van der Waals surface area contributed by atoms with Gasteiger partial charge in [0.1, 0.15) is 0 Å². The number of hydrogen-bond acceptors (Lipinski definition) is 4. The van der Waals surface area contributed by atoms with Gasteiger partial charge in [0.05, 0.1) is 13.2 Å². The Morgan fingerprint density at radius 1 is 1.19 bits per heavy atom. The first-order valence-corrected chi connectivity index (χ1v) is 7.42. The highest BCUT2D eigenvalue weighted by molar-refractivity contribution is 5.85. The van der Waals surface area contributed by atoms with Crippen LogP contribution in [0.5, 0.6) is 0 Å². The van der Waals surface area contributed by atoms with Gasteiger partial charge in [-0.05, 0) is 32.9 Å². The minimum absolute atomic E-state index is 0. The predicted octanol–water partition coefficient (Wildman–Crippen LogP) is 0.911. The molecule has 3 unspecified atom stereocenters. The monoisotopic (exact) mass is 341 g/mol. The van der Waals surface area contributed by atoms with Crippen molar-refractivity contribution in [3.63, 3.8) is 0 Å². The third-order valence-corrected chi connectivity index (χ3v) is 4.65. The average molecular weight is 342 g/mol. The van der Waals surface area contributed by atoms with Crippen molar-refractivity contribution in [3.05, 3.63) is 0 Å². The van der Waals surface area contributed by atoms with E-state index in [2.05, 4.69) is 29.4 Å². The molecule has 7 heteroatoms. The molecule has 21 heavy (non-hydrogen) atoms. The summed E-state index contributed by atoms with van der Waals surface area (Å²) in [4.78, 5) is 14.6. The van der Waals surface area contributed by atoms with Crippen LogP contribution in [0.15, 0.2) is 0 Å². The van der Waals surface area contributed by atoms with Crippen LogP contribution in [0.25, 0.3) is 0 Å². The molecule has 2 heterocycles. The molecule has 3 atom stereocenters. The molecular formula is C14H29Cl2N3O2. The van der Waals surface area contributed by atoms with E-state index in [1.54, 1.807) is 0 Å². The smallest absolute Gasteiger partial charge is 0.223 e. The maximum absolute atomic E-state index is 12.2. The summed E-state index contributed by atoms with van der Waals surface area (Å²) in [5.41, 5.74) is 0. The minimum atomic E-state index is 0. The van der Waals surface area contributed by atoms with Crippen molar-refractivity contribution in [2.45, 2.75) is 32.9 Å². The summed E-state index contributed by atoms with van der Waals surface area (Å²) in [6.45, 7) is 11.8. The van der Waals surface area contributed by atoms with Crippen LogP contribution in [0.2, 0.25) is 0 Å². The van der Waals surface area contributed by atoms with Crippen molar-refractivity contribution < 1.29 is 9.53 Å². The molecule has 2 N–H and O–H groups in total. The van der Waals surface area contributed by atoms with Crippen LogP contribution in [-0.4, -0.2) is 62.3 Å². The lowest BCUT2D eigenvalue weighted by atomic mass is 9.88. The second-order valence-electron chi connectivity index (χ2n) is 5.89. The van der Waals surface area contributed by atoms with Crippen LogP contribution in [0.4, 0.5) is 0 Å². The maximum atomic E-state index is 12.2. The number of ether oxygens (including phenoxy) is 1. The highest BCUT2D eigenvalue weighted by atomic mass is 35.5. The first-order valence-electron chi connectivity index (χ1n) is 7.42. The van der Waals surface area contributed by atoms with Crippen LogP contribution in [0.1, 0.15) is 20.8 Å². The normalized spacial score (nSPS) is 23.8. The molecule has 1 amide bonds. The van der Waals surface area contributed by atoms with E-state index in [9.17, 15) is 4.79 Å². The summed E-state index contributed by atoms with van der Waals surface area (Å²) in [5, 5.41) is 6.40.